The third-order valence-electron chi connectivity index (χ3n) is 2.46. The summed E-state index contributed by atoms with van der Waals surface area (Å²) >= 11 is 0. The lowest BCUT2D eigenvalue weighted by atomic mass is 10.2. The average molecular weight is 235 g/mol. The van der Waals surface area contributed by atoms with Gasteiger partial charge in [0.15, 0.2) is 0 Å². The predicted molar refractivity (Wildman–Crippen MR) is 70.2 cm³/mol. The smallest absolute Gasteiger partial charge is 0.302 e. The predicted octanol–water partition coefficient (Wildman–Crippen LogP) is 2.85. The second kappa shape index (κ2) is 6.94. The van der Waals surface area contributed by atoms with Crippen molar-refractivity contribution >= 4 is 11.7 Å². The Balaban J connectivity index is 2.63. The van der Waals surface area contributed by atoms with Crippen LogP contribution in [0.25, 0.3) is 0 Å². The topological polar surface area (TPSA) is 29.5 Å². The number of carbonyl (C=O) groups is 1. The van der Waals surface area contributed by atoms with Crippen LogP contribution in [0.5, 0.6) is 0 Å². The first-order valence-corrected chi connectivity index (χ1v) is 6.10. The summed E-state index contributed by atoms with van der Waals surface area (Å²) in [5.41, 5.74) is 1.17. The maximum atomic E-state index is 10.9. The normalized spacial score (nSPS) is 11.9. The fourth-order valence-corrected chi connectivity index (χ4v) is 1.87. The van der Waals surface area contributed by atoms with Crippen molar-refractivity contribution in [2.24, 2.45) is 0 Å². The van der Waals surface area contributed by atoms with Crippen LogP contribution in [-0.2, 0) is 9.53 Å². The molecule has 0 aliphatic carbocycles. The van der Waals surface area contributed by atoms with Gasteiger partial charge in [-0.3, -0.25) is 4.79 Å². The monoisotopic (exact) mass is 235 g/mol. The minimum absolute atomic E-state index is 0.0840. The Bertz CT molecular complexity index is 337. The molecule has 3 heteroatoms. The number of para-hydroxylation sites is 1. The molecule has 17 heavy (non-hydrogen) atoms. The molecule has 0 aliphatic rings. The van der Waals surface area contributed by atoms with Crippen LogP contribution in [0.15, 0.2) is 30.3 Å². The molecular weight excluding hydrogens is 214 g/mol. The molecule has 94 valence electrons. The summed E-state index contributed by atoms with van der Waals surface area (Å²) in [6, 6.07) is 10.2. The fourth-order valence-electron chi connectivity index (χ4n) is 1.87. The maximum Gasteiger partial charge on any atom is 0.302 e. The molecule has 0 saturated carbocycles. The van der Waals surface area contributed by atoms with E-state index >= 15 is 0 Å². The van der Waals surface area contributed by atoms with Crippen molar-refractivity contribution in [1.29, 1.82) is 0 Å². The van der Waals surface area contributed by atoms with Gasteiger partial charge in [0, 0.05) is 19.2 Å². The van der Waals surface area contributed by atoms with Gasteiger partial charge < -0.3 is 9.64 Å². The van der Waals surface area contributed by atoms with E-state index in [1.54, 1.807) is 0 Å². The van der Waals surface area contributed by atoms with E-state index in [2.05, 4.69) is 24.0 Å². The Morgan fingerprint density at radius 3 is 2.53 bits per heavy atom. The molecule has 0 N–H and O–H groups in total. The summed E-state index contributed by atoms with van der Waals surface area (Å²) in [5.74, 6) is -0.220. The number of benzene rings is 1. The molecule has 0 amide bonds. The number of esters is 1. The van der Waals surface area contributed by atoms with Gasteiger partial charge in [0.2, 0.25) is 0 Å². The highest BCUT2D eigenvalue weighted by molar-refractivity contribution is 5.66. The van der Waals surface area contributed by atoms with Gasteiger partial charge in [-0.15, -0.1) is 0 Å². The van der Waals surface area contributed by atoms with Crippen molar-refractivity contribution < 1.29 is 9.53 Å². The SMILES string of the molecule is CCCN(CC(C)OC(C)=O)c1ccccc1. The van der Waals surface area contributed by atoms with E-state index < -0.39 is 0 Å². The first kappa shape index (κ1) is 13.6. The van der Waals surface area contributed by atoms with Crippen LogP contribution in [0.1, 0.15) is 27.2 Å². The van der Waals surface area contributed by atoms with Crippen LogP contribution in [0.2, 0.25) is 0 Å². The maximum absolute atomic E-state index is 10.9. The van der Waals surface area contributed by atoms with E-state index in [1.807, 2.05) is 25.1 Å². The van der Waals surface area contributed by atoms with Crippen molar-refractivity contribution in [3.63, 3.8) is 0 Å². The molecule has 0 radical (unpaired) electrons. The first-order valence-electron chi connectivity index (χ1n) is 6.10. The van der Waals surface area contributed by atoms with Crippen LogP contribution in [-0.4, -0.2) is 25.2 Å². The van der Waals surface area contributed by atoms with Crippen LogP contribution < -0.4 is 4.90 Å². The average Bonchev–Trinajstić information content (AvgIpc) is 2.28. The third-order valence-corrected chi connectivity index (χ3v) is 2.46. The van der Waals surface area contributed by atoms with Crippen molar-refractivity contribution in [2.45, 2.75) is 33.3 Å². The van der Waals surface area contributed by atoms with E-state index in [4.69, 9.17) is 4.74 Å². The molecule has 0 bridgehead atoms. The molecule has 0 saturated heterocycles. The zero-order chi connectivity index (χ0) is 12.7. The van der Waals surface area contributed by atoms with Gasteiger partial charge in [0.1, 0.15) is 6.10 Å². The summed E-state index contributed by atoms with van der Waals surface area (Å²) in [6.45, 7) is 7.22. The van der Waals surface area contributed by atoms with Gasteiger partial charge in [-0.05, 0) is 25.5 Å². The van der Waals surface area contributed by atoms with Gasteiger partial charge in [0.05, 0.1) is 6.54 Å². The molecular formula is C14H21NO2. The number of hydrogen-bond acceptors (Lipinski definition) is 3. The molecule has 3 nitrogen and oxygen atoms in total. The van der Waals surface area contributed by atoms with Crippen LogP contribution in [0.3, 0.4) is 0 Å². The van der Waals surface area contributed by atoms with Crippen molar-refractivity contribution in [3.05, 3.63) is 30.3 Å². The van der Waals surface area contributed by atoms with Gasteiger partial charge in [-0.1, -0.05) is 25.1 Å². The molecule has 1 aromatic rings. The molecule has 0 fully saturated rings. The molecule has 1 unspecified atom stereocenters. The quantitative estimate of drug-likeness (QED) is 0.710. The van der Waals surface area contributed by atoms with Gasteiger partial charge in [-0.25, -0.2) is 0 Å². The summed E-state index contributed by atoms with van der Waals surface area (Å²) in [5, 5.41) is 0. The standard InChI is InChI=1S/C14H21NO2/c1-4-10-15(11-12(2)17-13(3)16)14-8-6-5-7-9-14/h5-9,12H,4,10-11H2,1-3H3. The second-order valence-electron chi connectivity index (χ2n) is 4.20. The summed E-state index contributed by atoms with van der Waals surface area (Å²) in [4.78, 5) is 13.1. The Morgan fingerprint density at radius 1 is 1.35 bits per heavy atom. The van der Waals surface area contributed by atoms with Crippen LogP contribution in [0.4, 0.5) is 5.69 Å². The molecule has 0 heterocycles. The lowest BCUT2D eigenvalue weighted by Gasteiger charge is -2.27. The Labute approximate surface area is 103 Å². The molecule has 1 rings (SSSR count). The zero-order valence-electron chi connectivity index (χ0n) is 10.8. The zero-order valence-corrected chi connectivity index (χ0v) is 10.8. The minimum Gasteiger partial charge on any atom is -0.461 e. The number of rotatable bonds is 6. The fraction of sp³-hybridized carbons (Fsp3) is 0.500. The number of anilines is 1. The van der Waals surface area contributed by atoms with Crippen molar-refractivity contribution in [2.75, 3.05) is 18.0 Å². The summed E-state index contributed by atoms with van der Waals surface area (Å²) in [7, 11) is 0. The van der Waals surface area contributed by atoms with E-state index in [-0.39, 0.29) is 12.1 Å². The Hall–Kier alpha value is -1.51. The van der Waals surface area contributed by atoms with E-state index in [0.717, 1.165) is 19.5 Å². The summed E-state index contributed by atoms with van der Waals surface area (Å²) < 4.78 is 5.17. The molecule has 0 aliphatic heterocycles. The highest BCUT2D eigenvalue weighted by Crippen LogP contribution is 2.14. The van der Waals surface area contributed by atoms with Crippen molar-refractivity contribution in [3.8, 4) is 0 Å². The minimum atomic E-state index is -0.220. The first-order chi connectivity index (χ1) is 8.13. The number of hydrogen-bond donors (Lipinski definition) is 0. The Morgan fingerprint density at radius 2 is 2.00 bits per heavy atom. The highest BCUT2D eigenvalue weighted by atomic mass is 16.5. The molecule has 1 atom stereocenters. The van der Waals surface area contributed by atoms with Crippen LogP contribution >= 0.6 is 0 Å². The molecule has 0 aromatic heterocycles. The largest absolute Gasteiger partial charge is 0.461 e. The van der Waals surface area contributed by atoms with E-state index in [0.29, 0.717) is 0 Å². The summed E-state index contributed by atoms with van der Waals surface area (Å²) in [6.07, 6.45) is 0.987. The lowest BCUT2D eigenvalue weighted by molar-refractivity contribution is -0.145. The number of nitrogens with zero attached hydrogens (tertiary/aromatic N) is 1. The van der Waals surface area contributed by atoms with Gasteiger partial charge >= 0.3 is 5.97 Å². The highest BCUT2D eigenvalue weighted by Gasteiger charge is 2.12. The van der Waals surface area contributed by atoms with Crippen molar-refractivity contribution in [1.82, 2.24) is 0 Å². The number of ether oxygens (including phenoxy) is 1. The lowest BCUT2D eigenvalue weighted by Crippen LogP contribution is -2.33. The van der Waals surface area contributed by atoms with E-state index in [9.17, 15) is 4.79 Å². The van der Waals surface area contributed by atoms with Crippen LogP contribution in [0, 0.1) is 0 Å². The second-order valence-corrected chi connectivity index (χ2v) is 4.20. The van der Waals surface area contributed by atoms with Gasteiger partial charge in [0.25, 0.3) is 0 Å². The molecule has 1 aromatic carbocycles. The van der Waals surface area contributed by atoms with Gasteiger partial charge in [-0.2, -0.15) is 0 Å². The van der Waals surface area contributed by atoms with E-state index in [1.165, 1.54) is 12.6 Å². The Kier molecular flexibility index (Phi) is 5.53. The third kappa shape index (κ3) is 4.89. The number of carbonyl (C=O) groups excluding carboxylic acids is 1. The molecule has 0 spiro atoms.